The second kappa shape index (κ2) is 4.84. The van der Waals surface area contributed by atoms with E-state index in [9.17, 15) is 18.0 Å². The zero-order chi connectivity index (χ0) is 15.2. The lowest BCUT2D eigenvalue weighted by molar-refractivity contribution is -0.148. The first-order chi connectivity index (χ1) is 9.91. The minimum Gasteiger partial charge on any atom is -0.465 e. The Labute approximate surface area is 122 Å². The molecule has 0 spiro atoms. The number of thioether (sulfide) groups is 1. The van der Waals surface area contributed by atoms with Crippen molar-refractivity contribution in [3.63, 3.8) is 0 Å². The number of carbonyl (C=O) groups is 1. The van der Waals surface area contributed by atoms with Crippen LogP contribution in [0.2, 0.25) is 0 Å². The van der Waals surface area contributed by atoms with Gasteiger partial charge in [0.15, 0.2) is 10.7 Å². The average Bonchev–Trinajstić information content (AvgIpc) is 2.94. The number of benzene rings is 1. The van der Waals surface area contributed by atoms with Crippen LogP contribution in [0.15, 0.2) is 39.8 Å². The van der Waals surface area contributed by atoms with Crippen LogP contribution < -0.4 is 0 Å². The molecule has 2 aliphatic rings. The summed E-state index contributed by atoms with van der Waals surface area (Å²) < 4.78 is 48.6. The Hall–Kier alpha value is -1.89. The fraction of sp³-hybridized carbons (Fsp3) is 0.214. The summed E-state index contributed by atoms with van der Waals surface area (Å²) in [5.41, 5.74) is 0.365. The van der Waals surface area contributed by atoms with E-state index in [-0.39, 0.29) is 0 Å². The minimum absolute atomic E-state index is 0.399. The predicted octanol–water partition coefficient (Wildman–Crippen LogP) is 3.62. The number of methoxy groups -OCH3 is 1. The molecule has 1 heterocycles. The summed E-state index contributed by atoms with van der Waals surface area (Å²) in [5, 5.41) is -0.464. The maximum Gasteiger partial charge on any atom is 0.427 e. The fourth-order valence-corrected chi connectivity index (χ4v) is 3.36. The van der Waals surface area contributed by atoms with Gasteiger partial charge in [-0.2, -0.15) is 13.2 Å². The fourth-order valence-electron chi connectivity index (χ4n) is 2.24. The summed E-state index contributed by atoms with van der Waals surface area (Å²) in [7, 11) is 0.907. The van der Waals surface area contributed by atoms with Crippen LogP contribution in [0.25, 0.3) is 5.76 Å². The first-order valence-electron chi connectivity index (χ1n) is 5.98. The van der Waals surface area contributed by atoms with Crippen LogP contribution in [0.5, 0.6) is 0 Å². The third-order valence-electron chi connectivity index (χ3n) is 3.15. The van der Waals surface area contributed by atoms with Gasteiger partial charge in [0, 0.05) is 16.9 Å². The highest BCUT2D eigenvalue weighted by molar-refractivity contribution is 8.07. The van der Waals surface area contributed by atoms with Crippen molar-refractivity contribution in [3.05, 3.63) is 51.0 Å². The molecule has 110 valence electrons. The highest BCUT2D eigenvalue weighted by Crippen LogP contribution is 2.52. The third-order valence-corrected chi connectivity index (χ3v) is 4.20. The Morgan fingerprint density at radius 1 is 1.33 bits per heavy atom. The molecule has 0 amide bonds. The topological polar surface area (TPSA) is 35.5 Å². The molecule has 0 saturated carbocycles. The molecule has 0 bridgehead atoms. The molecule has 3 nitrogen and oxygen atoms in total. The van der Waals surface area contributed by atoms with Gasteiger partial charge in [0.05, 0.1) is 7.11 Å². The lowest BCUT2D eigenvalue weighted by Crippen LogP contribution is -2.23. The van der Waals surface area contributed by atoms with Crippen LogP contribution >= 0.6 is 11.8 Å². The van der Waals surface area contributed by atoms with E-state index >= 15 is 0 Å². The van der Waals surface area contributed by atoms with E-state index < -0.39 is 22.8 Å². The Bertz CT molecular complexity index is 689. The van der Waals surface area contributed by atoms with Crippen LogP contribution in [0.1, 0.15) is 11.1 Å². The first-order valence-corrected chi connectivity index (χ1v) is 6.80. The van der Waals surface area contributed by atoms with E-state index in [2.05, 4.69) is 4.74 Å². The molecule has 1 aliphatic carbocycles. The third kappa shape index (κ3) is 2.31. The molecular weight excluding hydrogens is 305 g/mol. The summed E-state index contributed by atoms with van der Waals surface area (Å²) >= 11 is 0.833. The van der Waals surface area contributed by atoms with Crippen molar-refractivity contribution >= 4 is 23.5 Å². The molecule has 1 aromatic rings. The quantitative estimate of drug-likeness (QED) is 0.586. The van der Waals surface area contributed by atoms with Crippen LogP contribution in [0.4, 0.5) is 13.2 Å². The molecule has 7 heteroatoms. The van der Waals surface area contributed by atoms with Gasteiger partial charge in [-0.15, -0.1) is 0 Å². The van der Waals surface area contributed by atoms with Crippen molar-refractivity contribution < 1.29 is 27.4 Å². The number of fused-ring (bicyclic) bond motifs is 2. The SMILES string of the molecule is COC(=O)/C(=C1\OC2=C(Cc3ccccc32)S1)C(F)(F)F. The molecule has 0 radical (unpaired) electrons. The molecule has 0 N–H and O–H groups in total. The summed E-state index contributed by atoms with van der Waals surface area (Å²) in [6.45, 7) is 0. The average molecular weight is 314 g/mol. The molecule has 0 atom stereocenters. The molecule has 0 fully saturated rings. The van der Waals surface area contributed by atoms with Crippen molar-refractivity contribution in [2.45, 2.75) is 12.6 Å². The number of carbonyl (C=O) groups excluding carboxylic acids is 1. The molecule has 3 rings (SSSR count). The van der Waals surface area contributed by atoms with Crippen molar-refractivity contribution in [2.75, 3.05) is 7.11 Å². The smallest absolute Gasteiger partial charge is 0.427 e. The van der Waals surface area contributed by atoms with Gasteiger partial charge in [-0.1, -0.05) is 36.0 Å². The molecule has 0 aromatic heterocycles. The van der Waals surface area contributed by atoms with E-state index in [0.717, 1.165) is 30.0 Å². The Balaban J connectivity index is 1.99. The lowest BCUT2D eigenvalue weighted by Gasteiger charge is -2.13. The van der Waals surface area contributed by atoms with Gasteiger partial charge in [-0.3, -0.25) is 0 Å². The maximum absolute atomic E-state index is 13.0. The summed E-state index contributed by atoms with van der Waals surface area (Å²) in [5.74, 6) is -1.05. The summed E-state index contributed by atoms with van der Waals surface area (Å²) in [6, 6.07) is 7.33. The molecule has 0 saturated heterocycles. The van der Waals surface area contributed by atoms with Gasteiger partial charge in [0.25, 0.3) is 0 Å². The number of hydrogen-bond acceptors (Lipinski definition) is 4. The predicted molar refractivity (Wildman–Crippen MR) is 70.8 cm³/mol. The van der Waals surface area contributed by atoms with E-state index in [0.29, 0.717) is 17.1 Å². The largest absolute Gasteiger partial charge is 0.465 e. The normalized spacial score (nSPS) is 19.0. The number of rotatable bonds is 1. The van der Waals surface area contributed by atoms with E-state index in [1.54, 1.807) is 12.1 Å². The Kier molecular flexibility index (Phi) is 3.24. The lowest BCUT2D eigenvalue weighted by atomic mass is 10.1. The van der Waals surface area contributed by atoms with Gasteiger partial charge in [0.1, 0.15) is 5.76 Å². The van der Waals surface area contributed by atoms with Gasteiger partial charge < -0.3 is 9.47 Å². The molecule has 21 heavy (non-hydrogen) atoms. The van der Waals surface area contributed by atoms with Crippen molar-refractivity contribution in [3.8, 4) is 0 Å². The molecule has 1 aromatic carbocycles. The molecule has 0 unspecified atom stereocenters. The maximum atomic E-state index is 13.0. The number of allylic oxidation sites excluding steroid dienone is 1. The first kappa shape index (κ1) is 14.1. The Morgan fingerprint density at radius 3 is 2.71 bits per heavy atom. The molecular formula is C14H9F3O3S. The van der Waals surface area contributed by atoms with E-state index in [1.165, 1.54) is 0 Å². The highest BCUT2D eigenvalue weighted by Gasteiger charge is 2.46. The number of alkyl halides is 3. The van der Waals surface area contributed by atoms with Crippen LogP contribution in [-0.4, -0.2) is 19.3 Å². The van der Waals surface area contributed by atoms with Crippen LogP contribution in [0.3, 0.4) is 0 Å². The minimum atomic E-state index is -4.82. The van der Waals surface area contributed by atoms with Crippen molar-refractivity contribution in [1.29, 1.82) is 0 Å². The molecule has 1 aliphatic heterocycles. The zero-order valence-electron chi connectivity index (χ0n) is 10.8. The van der Waals surface area contributed by atoms with E-state index in [1.807, 2.05) is 12.1 Å². The van der Waals surface area contributed by atoms with Gasteiger partial charge in [-0.05, 0) is 5.56 Å². The van der Waals surface area contributed by atoms with Crippen molar-refractivity contribution in [2.24, 2.45) is 0 Å². The number of halogens is 3. The monoisotopic (exact) mass is 314 g/mol. The number of hydrogen-bond donors (Lipinski definition) is 0. The number of esters is 1. The van der Waals surface area contributed by atoms with Crippen LogP contribution in [0, 0.1) is 0 Å². The zero-order valence-corrected chi connectivity index (χ0v) is 11.6. The number of ether oxygens (including phenoxy) is 2. The standard InChI is InChI=1S/C14H9F3O3S/c1-19-12(18)10(14(15,16)17)13-20-11-8-5-3-2-4-7(8)6-9(11)21-13/h2-5H,6H2,1H3/b13-10-. The summed E-state index contributed by atoms with van der Waals surface area (Å²) in [4.78, 5) is 12.1. The van der Waals surface area contributed by atoms with Gasteiger partial charge >= 0.3 is 12.1 Å². The Morgan fingerprint density at radius 2 is 2.05 bits per heavy atom. The highest BCUT2D eigenvalue weighted by atomic mass is 32.2. The second-order valence-corrected chi connectivity index (χ2v) is 5.51. The van der Waals surface area contributed by atoms with Gasteiger partial charge in [-0.25, -0.2) is 4.79 Å². The van der Waals surface area contributed by atoms with Crippen LogP contribution in [-0.2, 0) is 20.7 Å². The van der Waals surface area contributed by atoms with E-state index in [4.69, 9.17) is 4.74 Å². The second-order valence-electron chi connectivity index (χ2n) is 4.44. The van der Waals surface area contributed by atoms with Gasteiger partial charge in [0.2, 0.25) is 0 Å². The van der Waals surface area contributed by atoms with Crippen molar-refractivity contribution in [1.82, 2.24) is 0 Å². The summed E-state index contributed by atoms with van der Waals surface area (Å²) in [6.07, 6.45) is -4.32.